The second kappa shape index (κ2) is 8.75. The zero-order valence-corrected chi connectivity index (χ0v) is 17.3. The van der Waals surface area contributed by atoms with Crippen LogP contribution in [0.2, 0.25) is 0 Å². The molecule has 9 heteroatoms. The van der Waals surface area contributed by atoms with Gasteiger partial charge in [0.15, 0.2) is 0 Å². The number of halogens is 1. The Morgan fingerprint density at radius 1 is 1.07 bits per heavy atom. The summed E-state index contributed by atoms with van der Waals surface area (Å²) >= 11 is 0. The van der Waals surface area contributed by atoms with E-state index in [1.165, 1.54) is 18.4 Å². The van der Waals surface area contributed by atoms with Crippen LogP contribution in [0.15, 0.2) is 24.3 Å². The number of likely N-dealkylation sites (tertiary alicyclic amines) is 1. The van der Waals surface area contributed by atoms with E-state index in [-0.39, 0.29) is 23.8 Å². The number of piperazine rings is 1. The van der Waals surface area contributed by atoms with Gasteiger partial charge >= 0.3 is 0 Å². The molecule has 28 heavy (non-hydrogen) atoms. The first kappa shape index (κ1) is 21.0. The first-order valence-corrected chi connectivity index (χ1v) is 11.6. The van der Waals surface area contributed by atoms with Gasteiger partial charge in [-0.25, -0.2) is 17.5 Å². The molecule has 1 aromatic carbocycles. The number of hydrogen-bond donors (Lipinski definition) is 1. The third kappa shape index (κ3) is 5.42. The van der Waals surface area contributed by atoms with Crippen molar-refractivity contribution in [1.29, 1.82) is 0 Å². The van der Waals surface area contributed by atoms with Crippen molar-refractivity contribution in [3.63, 3.8) is 0 Å². The van der Waals surface area contributed by atoms with Crippen molar-refractivity contribution < 1.29 is 17.6 Å². The van der Waals surface area contributed by atoms with E-state index in [9.17, 15) is 17.6 Å². The van der Waals surface area contributed by atoms with Crippen molar-refractivity contribution in [3.8, 4) is 0 Å². The van der Waals surface area contributed by atoms with Gasteiger partial charge in [-0.05, 0) is 44.0 Å². The fraction of sp³-hybridized carbons (Fsp3) is 0.632. The Labute approximate surface area is 166 Å². The van der Waals surface area contributed by atoms with E-state index in [4.69, 9.17) is 0 Å². The lowest BCUT2D eigenvalue weighted by Gasteiger charge is -2.40. The van der Waals surface area contributed by atoms with Crippen LogP contribution in [-0.4, -0.2) is 81.7 Å². The molecule has 2 fully saturated rings. The van der Waals surface area contributed by atoms with Crippen LogP contribution in [0.3, 0.4) is 0 Å². The van der Waals surface area contributed by atoms with Crippen molar-refractivity contribution in [2.45, 2.75) is 31.8 Å². The molecule has 0 aromatic heterocycles. The summed E-state index contributed by atoms with van der Waals surface area (Å²) in [6.45, 7) is 6.08. The van der Waals surface area contributed by atoms with Crippen LogP contribution in [0, 0.1) is 5.82 Å². The van der Waals surface area contributed by atoms with Gasteiger partial charge in [0.1, 0.15) is 5.82 Å². The van der Waals surface area contributed by atoms with Crippen LogP contribution in [0.25, 0.3) is 0 Å². The SMILES string of the molecule is CC(C(=O)N1CCN(c2ccc(F)cc2)CC1)N1CCC(NS(C)(=O)=O)CC1. The number of nitrogens with zero attached hydrogens (tertiary/aromatic N) is 3. The fourth-order valence-corrected chi connectivity index (χ4v) is 4.81. The normalized spacial score (nSPS) is 21.0. The van der Waals surface area contributed by atoms with Crippen LogP contribution in [0.1, 0.15) is 19.8 Å². The van der Waals surface area contributed by atoms with Crippen molar-refractivity contribution in [2.75, 3.05) is 50.4 Å². The van der Waals surface area contributed by atoms with Crippen molar-refractivity contribution in [2.24, 2.45) is 0 Å². The summed E-state index contributed by atoms with van der Waals surface area (Å²) in [5, 5.41) is 0. The van der Waals surface area contributed by atoms with E-state index in [0.717, 1.165) is 18.8 Å². The van der Waals surface area contributed by atoms with Gasteiger partial charge in [0.2, 0.25) is 15.9 Å². The van der Waals surface area contributed by atoms with E-state index < -0.39 is 10.0 Å². The van der Waals surface area contributed by atoms with Crippen molar-refractivity contribution in [3.05, 3.63) is 30.1 Å². The molecule has 0 radical (unpaired) electrons. The highest BCUT2D eigenvalue weighted by Gasteiger charge is 2.31. The van der Waals surface area contributed by atoms with Crippen molar-refractivity contribution in [1.82, 2.24) is 14.5 Å². The molecule has 2 saturated heterocycles. The highest BCUT2D eigenvalue weighted by molar-refractivity contribution is 7.88. The highest BCUT2D eigenvalue weighted by Crippen LogP contribution is 2.19. The summed E-state index contributed by atoms with van der Waals surface area (Å²) in [6, 6.07) is 6.19. The number of benzene rings is 1. The number of rotatable bonds is 5. The molecule has 1 unspecified atom stereocenters. The molecule has 156 valence electrons. The molecule has 2 heterocycles. The summed E-state index contributed by atoms with van der Waals surface area (Å²) in [5.41, 5.74) is 0.974. The Morgan fingerprint density at radius 3 is 2.18 bits per heavy atom. The predicted molar refractivity (Wildman–Crippen MR) is 107 cm³/mol. The van der Waals surface area contributed by atoms with Gasteiger partial charge in [0.25, 0.3) is 0 Å². The molecule has 2 aliphatic rings. The molecule has 3 rings (SSSR count). The monoisotopic (exact) mass is 412 g/mol. The van der Waals surface area contributed by atoms with Crippen molar-refractivity contribution >= 4 is 21.6 Å². The molecule has 1 atom stereocenters. The molecule has 7 nitrogen and oxygen atoms in total. The molecule has 1 aromatic rings. The van der Waals surface area contributed by atoms with Crippen LogP contribution in [0.5, 0.6) is 0 Å². The second-order valence-electron chi connectivity index (χ2n) is 7.66. The average Bonchev–Trinajstić information content (AvgIpc) is 2.67. The Hall–Kier alpha value is -1.71. The molecule has 2 aliphatic heterocycles. The number of carbonyl (C=O) groups excluding carboxylic acids is 1. The minimum Gasteiger partial charge on any atom is -0.368 e. The number of piperidine rings is 1. The highest BCUT2D eigenvalue weighted by atomic mass is 32.2. The lowest BCUT2D eigenvalue weighted by Crippen LogP contribution is -2.56. The van der Waals surface area contributed by atoms with Crippen LogP contribution < -0.4 is 9.62 Å². The molecule has 0 bridgehead atoms. The molecular weight excluding hydrogens is 383 g/mol. The van der Waals surface area contributed by atoms with E-state index in [2.05, 4.69) is 14.5 Å². The molecular formula is C19H29FN4O3S. The smallest absolute Gasteiger partial charge is 0.239 e. The van der Waals surface area contributed by atoms with Crippen LogP contribution in [-0.2, 0) is 14.8 Å². The average molecular weight is 413 g/mol. The quantitative estimate of drug-likeness (QED) is 0.777. The van der Waals surface area contributed by atoms with Gasteiger partial charge in [0.05, 0.1) is 12.3 Å². The zero-order valence-electron chi connectivity index (χ0n) is 16.5. The molecule has 1 N–H and O–H groups in total. The summed E-state index contributed by atoms with van der Waals surface area (Å²) in [4.78, 5) is 19.1. The van der Waals surface area contributed by atoms with Gasteiger partial charge in [-0.3, -0.25) is 9.69 Å². The fourth-order valence-electron chi connectivity index (χ4n) is 3.96. The number of hydrogen-bond acceptors (Lipinski definition) is 5. The van der Waals surface area contributed by atoms with E-state index >= 15 is 0 Å². The minimum atomic E-state index is -3.19. The second-order valence-corrected chi connectivity index (χ2v) is 9.45. The van der Waals surface area contributed by atoms with Gasteiger partial charge in [0, 0.05) is 51.0 Å². The lowest BCUT2D eigenvalue weighted by atomic mass is 10.0. The Balaban J connectivity index is 1.48. The number of nitrogens with one attached hydrogen (secondary N) is 1. The topological polar surface area (TPSA) is 73.0 Å². The standard InChI is InChI=1S/C19H29FN4O3S/c1-15(22-9-7-17(8-10-22)21-28(2,26)27)19(25)24-13-11-23(12-14-24)18-5-3-16(20)4-6-18/h3-6,15,17,21H,7-14H2,1-2H3. The summed E-state index contributed by atoms with van der Waals surface area (Å²) < 4.78 is 38.5. The maximum atomic E-state index is 13.1. The van der Waals surface area contributed by atoms with Crippen LogP contribution in [0.4, 0.5) is 10.1 Å². The third-order valence-electron chi connectivity index (χ3n) is 5.60. The third-order valence-corrected chi connectivity index (χ3v) is 6.36. The molecule has 0 saturated carbocycles. The number of amides is 1. The summed E-state index contributed by atoms with van der Waals surface area (Å²) in [6.07, 6.45) is 2.60. The Morgan fingerprint density at radius 2 is 1.64 bits per heavy atom. The largest absolute Gasteiger partial charge is 0.368 e. The van der Waals surface area contributed by atoms with Gasteiger partial charge < -0.3 is 9.80 Å². The maximum absolute atomic E-state index is 13.1. The summed E-state index contributed by atoms with van der Waals surface area (Å²) in [5.74, 6) is -0.129. The van der Waals surface area contributed by atoms with Gasteiger partial charge in [-0.15, -0.1) is 0 Å². The molecule has 0 spiro atoms. The lowest BCUT2D eigenvalue weighted by molar-refractivity contribution is -0.137. The van der Waals surface area contributed by atoms with E-state index in [1.54, 1.807) is 12.1 Å². The first-order chi connectivity index (χ1) is 13.2. The maximum Gasteiger partial charge on any atom is 0.239 e. The summed E-state index contributed by atoms with van der Waals surface area (Å²) in [7, 11) is -3.19. The predicted octanol–water partition coefficient (Wildman–Crippen LogP) is 0.876. The number of carbonyl (C=O) groups is 1. The molecule has 1 amide bonds. The number of sulfonamides is 1. The number of anilines is 1. The Bertz CT molecular complexity index is 771. The minimum absolute atomic E-state index is 0.0483. The molecule has 0 aliphatic carbocycles. The zero-order chi connectivity index (χ0) is 20.3. The van der Waals surface area contributed by atoms with Gasteiger partial charge in [-0.1, -0.05) is 0 Å². The Kier molecular flexibility index (Phi) is 6.57. The van der Waals surface area contributed by atoms with E-state index in [0.29, 0.717) is 39.0 Å². The van der Waals surface area contributed by atoms with E-state index in [1.807, 2.05) is 11.8 Å². The first-order valence-electron chi connectivity index (χ1n) is 9.73. The van der Waals surface area contributed by atoms with Gasteiger partial charge in [-0.2, -0.15) is 0 Å². The van der Waals surface area contributed by atoms with Crippen LogP contribution >= 0.6 is 0 Å².